The monoisotopic (exact) mass is 377 g/mol. The maximum atomic E-state index is 11.3. The number of nitro benzene ring substituents is 1. The average Bonchev–Trinajstić information content (AvgIpc) is 3.22. The molecule has 0 saturated carbocycles. The SMILES string of the molecule is O=Cc1ccc([N+](=O)[O-])c(Oc2nc(-c3ccsc3)nc3ccccc23)c1. The maximum absolute atomic E-state index is 11.3. The van der Waals surface area contributed by atoms with Gasteiger partial charge in [-0.3, -0.25) is 14.9 Å². The van der Waals surface area contributed by atoms with Crippen molar-refractivity contribution < 1.29 is 14.5 Å². The number of para-hydroxylation sites is 1. The second-order valence-electron chi connectivity index (χ2n) is 5.59. The highest BCUT2D eigenvalue weighted by atomic mass is 32.1. The van der Waals surface area contributed by atoms with Gasteiger partial charge in [0.1, 0.15) is 6.29 Å². The van der Waals surface area contributed by atoms with Gasteiger partial charge in [0.2, 0.25) is 11.6 Å². The third-order valence-electron chi connectivity index (χ3n) is 3.87. The lowest BCUT2D eigenvalue weighted by molar-refractivity contribution is -0.385. The van der Waals surface area contributed by atoms with Gasteiger partial charge < -0.3 is 4.74 Å². The van der Waals surface area contributed by atoms with Crippen molar-refractivity contribution in [2.75, 3.05) is 0 Å². The van der Waals surface area contributed by atoms with Crippen molar-refractivity contribution >= 4 is 34.2 Å². The van der Waals surface area contributed by atoms with E-state index in [-0.39, 0.29) is 22.9 Å². The van der Waals surface area contributed by atoms with Gasteiger partial charge in [-0.1, -0.05) is 12.1 Å². The first-order valence-electron chi connectivity index (χ1n) is 7.86. The van der Waals surface area contributed by atoms with Crippen LogP contribution in [0.4, 0.5) is 5.69 Å². The molecule has 0 unspecified atom stereocenters. The summed E-state index contributed by atoms with van der Waals surface area (Å²) in [5, 5.41) is 15.8. The summed E-state index contributed by atoms with van der Waals surface area (Å²) in [7, 11) is 0. The van der Waals surface area contributed by atoms with Gasteiger partial charge in [-0.2, -0.15) is 16.3 Å². The number of hydrogen-bond acceptors (Lipinski definition) is 7. The number of fused-ring (bicyclic) bond motifs is 1. The van der Waals surface area contributed by atoms with E-state index in [4.69, 9.17) is 4.74 Å². The van der Waals surface area contributed by atoms with Crippen molar-refractivity contribution in [1.82, 2.24) is 9.97 Å². The number of carbonyl (C=O) groups excluding carboxylic acids is 1. The Labute approximate surface area is 157 Å². The van der Waals surface area contributed by atoms with Crippen molar-refractivity contribution in [2.24, 2.45) is 0 Å². The minimum Gasteiger partial charge on any atom is -0.431 e. The molecule has 7 nitrogen and oxygen atoms in total. The zero-order valence-electron chi connectivity index (χ0n) is 13.7. The molecule has 4 aromatic rings. The Morgan fingerprint density at radius 1 is 1.11 bits per heavy atom. The second kappa shape index (κ2) is 6.93. The standard InChI is InChI=1S/C19H11N3O4S/c23-10-12-5-6-16(22(24)25)17(9-12)26-19-14-3-1-2-4-15(14)20-18(21-19)13-7-8-27-11-13/h1-11H. The molecule has 0 atom stereocenters. The van der Waals surface area contributed by atoms with Crippen LogP contribution in [0.1, 0.15) is 10.4 Å². The molecule has 8 heteroatoms. The molecule has 0 aliphatic carbocycles. The molecule has 0 fully saturated rings. The number of nitro groups is 1. The zero-order chi connectivity index (χ0) is 18.8. The Morgan fingerprint density at radius 3 is 2.70 bits per heavy atom. The highest BCUT2D eigenvalue weighted by Gasteiger charge is 2.19. The van der Waals surface area contributed by atoms with Crippen molar-refractivity contribution in [3.8, 4) is 23.0 Å². The van der Waals surface area contributed by atoms with Gasteiger partial charge in [0, 0.05) is 22.6 Å². The van der Waals surface area contributed by atoms with Crippen LogP contribution in [-0.4, -0.2) is 21.2 Å². The van der Waals surface area contributed by atoms with Crippen LogP contribution in [0.25, 0.3) is 22.3 Å². The predicted molar refractivity (Wildman–Crippen MR) is 101 cm³/mol. The van der Waals surface area contributed by atoms with Gasteiger partial charge in [0.05, 0.1) is 15.8 Å². The minimum atomic E-state index is -0.562. The van der Waals surface area contributed by atoms with Crippen LogP contribution in [0.2, 0.25) is 0 Å². The number of rotatable bonds is 5. The lowest BCUT2D eigenvalue weighted by Crippen LogP contribution is -1.99. The number of aldehydes is 1. The molecule has 0 spiro atoms. The molecule has 2 aromatic carbocycles. The number of nitrogens with zero attached hydrogens (tertiary/aromatic N) is 3. The molecule has 2 aromatic heterocycles. The second-order valence-corrected chi connectivity index (χ2v) is 6.37. The molecule has 0 amide bonds. The first-order valence-corrected chi connectivity index (χ1v) is 8.81. The molecule has 4 rings (SSSR count). The number of benzene rings is 2. The lowest BCUT2D eigenvalue weighted by Gasteiger charge is -2.10. The highest BCUT2D eigenvalue weighted by Crippen LogP contribution is 2.35. The Morgan fingerprint density at radius 2 is 1.96 bits per heavy atom. The average molecular weight is 377 g/mol. The molecule has 0 bridgehead atoms. The van der Waals surface area contributed by atoms with E-state index in [0.717, 1.165) is 5.56 Å². The lowest BCUT2D eigenvalue weighted by atomic mass is 10.2. The third-order valence-corrected chi connectivity index (χ3v) is 4.55. The van der Waals surface area contributed by atoms with Crippen molar-refractivity contribution in [2.45, 2.75) is 0 Å². The molecule has 0 saturated heterocycles. The molecule has 132 valence electrons. The smallest absolute Gasteiger partial charge is 0.311 e. The Hall–Kier alpha value is -3.65. The fourth-order valence-corrected chi connectivity index (χ4v) is 3.22. The summed E-state index contributed by atoms with van der Waals surface area (Å²) in [4.78, 5) is 30.8. The van der Waals surface area contributed by atoms with Gasteiger partial charge in [-0.05, 0) is 35.7 Å². The molecular weight excluding hydrogens is 366 g/mol. The van der Waals surface area contributed by atoms with E-state index < -0.39 is 4.92 Å². The molecule has 0 aliphatic rings. The number of aromatic nitrogens is 2. The third kappa shape index (κ3) is 3.25. The summed E-state index contributed by atoms with van der Waals surface area (Å²) in [6, 6.07) is 13.0. The molecule has 0 N–H and O–H groups in total. The van der Waals surface area contributed by atoms with Crippen LogP contribution in [0.15, 0.2) is 59.3 Å². The van der Waals surface area contributed by atoms with Gasteiger partial charge in [0.15, 0.2) is 5.82 Å². The largest absolute Gasteiger partial charge is 0.431 e. The molecule has 0 aliphatic heterocycles. The van der Waals surface area contributed by atoms with E-state index in [9.17, 15) is 14.9 Å². The number of carbonyl (C=O) groups is 1. The molecule has 2 heterocycles. The van der Waals surface area contributed by atoms with Gasteiger partial charge >= 0.3 is 5.69 Å². The maximum Gasteiger partial charge on any atom is 0.311 e. The normalized spacial score (nSPS) is 10.7. The molecule has 0 radical (unpaired) electrons. The van der Waals surface area contributed by atoms with Crippen LogP contribution < -0.4 is 4.74 Å². The van der Waals surface area contributed by atoms with Crippen LogP contribution in [0.3, 0.4) is 0 Å². The minimum absolute atomic E-state index is 0.0512. The Bertz CT molecular complexity index is 1160. The molecular formula is C19H11N3O4S. The fraction of sp³-hybridized carbons (Fsp3) is 0. The van der Waals surface area contributed by atoms with E-state index in [2.05, 4.69) is 9.97 Å². The van der Waals surface area contributed by atoms with Crippen LogP contribution in [-0.2, 0) is 0 Å². The number of thiophene rings is 1. The topological polar surface area (TPSA) is 95.2 Å². The number of ether oxygens (including phenoxy) is 1. The fourth-order valence-electron chi connectivity index (χ4n) is 2.59. The summed E-state index contributed by atoms with van der Waals surface area (Å²) in [5.74, 6) is 0.594. The summed E-state index contributed by atoms with van der Waals surface area (Å²) in [5.41, 5.74) is 1.50. The summed E-state index contributed by atoms with van der Waals surface area (Å²) in [6.07, 6.45) is 0.603. The predicted octanol–water partition coefficient (Wildman–Crippen LogP) is 4.87. The quantitative estimate of drug-likeness (QED) is 0.280. The highest BCUT2D eigenvalue weighted by molar-refractivity contribution is 7.08. The first kappa shape index (κ1) is 16.8. The molecule has 27 heavy (non-hydrogen) atoms. The van der Waals surface area contributed by atoms with E-state index in [1.807, 2.05) is 29.0 Å². The zero-order valence-corrected chi connectivity index (χ0v) is 14.6. The Balaban J connectivity index is 1.89. The van der Waals surface area contributed by atoms with Crippen molar-refractivity contribution in [1.29, 1.82) is 0 Å². The van der Waals surface area contributed by atoms with E-state index in [1.54, 1.807) is 12.1 Å². The van der Waals surface area contributed by atoms with Crippen molar-refractivity contribution in [3.05, 3.63) is 75.0 Å². The van der Waals surface area contributed by atoms with Crippen LogP contribution in [0.5, 0.6) is 11.6 Å². The summed E-state index contributed by atoms with van der Waals surface area (Å²) < 4.78 is 5.82. The van der Waals surface area contributed by atoms with Gasteiger partial charge in [-0.25, -0.2) is 4.98 Å². The van der Waals surface area contributed by atoms with E-state index >= 15 is 0 Å². The van der Waals surface area contributed by atoms with Gasteiger partial charge in [-0.15, -0.1) is 0 Å². The van der Waals surface area contributed by atoms with Crippen LogP contribution in [0, 0.1) is 10.1 Å². The van der Waals surface area contributed by atoms with Crippen LogP contribution >= 0.6 is 11.3 Å². The number of hydrogen-bond donors (Lipinski definition) is 0. The summed E-state index contributed by atoms with van der Waals surface area (Å²) >= 11 is 1.51. The van der Waals surface area contributed by atoms with E-state index in [0.29, 0.717) is 23.0 Å². The Kier molecular flexibility index (Phi) is 4.31. The van der Waals surface area contributed by atoms with Gasteiger partial charge in [0.25, 0.3) is 0 Å². The summed E-state index contributed by atoms with van der Waals surface area (Å²) in [6.45, 7) is 0. The van der Waals surface area contributed by atoms with E-state index in [1.165, 1.54) is 29.5 Å². The van der Waals surface area contributed by atoms with Crippen molar-refractivity contribution in [3.63, 3.8) is 0 Å². The first-order chi connectivity index (χ1) is 13.2.